The molecule has 1 N–H and O–H groups in total. The summed E-state index contributed by atoms with van der Waals surface area (Å²) in [7, 11) is 0. The molecule has 1 aromatic carbocycles. The first-order valence-electron chi connectivity index (χ1n) is 5.20. The van der Waals surface area contributed by atoms with Crippen molar-refractivity contribution in [3.8, 4) is 5.69 Å². The second-order valence-electron chi connectivity index (χ2n) is 3.59. The third-order valence-electron chi connectivity index (χ3n) is 2.48. The zero-order chi connectivity index (χ0) is 11.5. The van der Waals surface area contributed by atoms with Crippen LogP contribution in [0, 0.1) is 0 Å². The quantitative estimate of drug-likeness (QED) is 0.938. The van der Waals surface area contributed by atoms with Crippen molar-refractivity contribution in [2.45, 2.75) is 19.4 Å². The minimum absolute atomic E-state index is 0.445. The topological polar surface area (TPSA) is 38.0 Å². The maximum absolute atomic E-state index is 9.93. The first-order valence-corrected chi connectivity index (χ1v) is 5.99. The van der Waals surface area contributed by atoms with E-state index < -0.39 is 6.10 Å². The highest BCUT2D eigenvalue weighted by molar-refractivity contribution is 9.10. The van der Waals surface area contributed by atoms with Gasteiger partial charge in [-0.2, -0.15) is 5.10 Å². The fourth-order valence-electron chi connectivity index (χ4n) is 1.63. The van der Waals surface area contributed by atoms with Crippen LogP contribution in [0.3, 0.4) is 0 Å². The third-order valence-corrected chi connectivity index (χ3v) is 2.89. The summed E-state index contributed by atoms with van der Waals surface area (Å²) in [5.41, 5.74) is 1.82. The molecule has 2 rings (SSSR count). The standard InChI is InChI=1S/C12H13BrN2O/c1-2-12(16)10-5-3-4-6-11(10)15-8-9(13)7-14-15/h3-8,12,16H,2H2,1H3. The predicted molar refractivity (Wildman–Crippen MR) is 66.5 cm³/mol. The van der Waals surface area contributed by atoms with Gasteiger partial charge in [-0.1, -0.05) is 25.1 Å². The third kappa shape index (κ3) is 2.18. The first kappa shape index (κ1) is 11.4. The van der Waals surface area contributed by atoms with E-state index in [1.54, 1.807) is 10.9 Å². The molecule has 0 radical (unpaired) electrons. The normalized spacial score (nSPS) is 12.7. The van der Waals surface area contributed by atoms with E-state index in [4.69, 9.17) is 0 Å². The van der Waals surface area contributed by atoms with Gasteiger partial charge in [0, 0.05) is 11.8 Å². The molecule has 0 saturated heterocycles. The lowest BCUT2D eigenvalue weighted by atomic mass is 10.1. The van der Waals surface area contributed by atoms with E-state index in [0.717, 1.165) is 15.7 Å². The molecule has 1 atom stereocenters. The number of aromatic nitrogens is 2. The van der Waals surface area contributed by atoms with Gasteiger partial charge in [-0.25, -0.2) is 4.68 Å². The number of benzene rings is 1. The number of hydrogen-bond acceptors (Lipinski definition) is 2. The van der Waals surface area contributed by atoms with Crippen LogP contribution in [0.4, 0.5) is 0 Å². The molecule has 0 amide bonds. The molecule has 0 fully saturated rings. The number of halogens is 1. The van der Waals surface area contributed by atoms with Crippen LogP contribution in [0.2, 0.25) is 0 Å². The monoisotopic (exact) mass is 280 g/mol. The Hall–Kier alpha value is -1.13. The molecule has 1 heterocycles. The number of aliphatic hydroxyl groups excluding tert-OH is 1. The molecule has 0 aliphatic rings. The Morgan fingerprint density at radius 1 is 1.44 bits per heavy atom. The van der Waals surface area contributed by atoms with E-state index in [1.807, 2.05) is 37.4 Å². The predicted octanol–water partition coefficient (Wildman–Crippen LogP) is 3.08. The number of hydrogen-bond donors (Lipinski definition) is 1. The molecule has 1 aromatic heterocycles. The van der Waals surface area contributed by atoms with E-state index in [2.05, 4.69) is 21.0 Å². The summed E-state index contributed by atoms with van der Waals surface area (Å²) in [6, 6.07) is 7.75. The lowest BCUT2D eigenvalue weighted by Gasteiger charge is -2.13. The summed E-state index contributed by atoms with van der Waals surface area (Å²) >= 11 is 3.36. The Balaban J connectivity index is 2.48. The molecule has 16 heavy (non-hydrogen) atoms. The zero-order valence-electron chi connectivity index (χ0n) is 8.97. The van der Waals surface area contributed by atoms with E-state index in [9.17, 15) is 5.11 Å². The Morgan fingerprint density at radius 2 is 2.19 bits per heavy atom. The fourth-order valence-corrected chi connectivity index (χ4v) is 1.92. The summed E-state index contributed by atoms with van der Waals surface area (Å²) in [5, 5.41) is 14.1. The van der Waals surface area contributed by atoms with Gasteiger partial charge in [0.2, 0.25) is 0 Å². The molecular weight excluding hydrogens is 268 g/mol. The molecule has 1 unspecified atom stereocenters. The average Bonchev–Trinajstić information content (AvgIpc) is 2.75. The van der Waals surface area contributed by atoms with E-state index >= 15 is 0 Å². The van der Waals surface area contributed by atoms with Crippen molar-refractivity contribution in [2.24, 2.45) is 0 Å². The van der Waals surface area contributed by atoms with Gasteiger partial charge in [0.15, 0.2) is 0 Å². The molecule has 0 saturated carbocycles. The van der Waals surface area contributed by atoms with Crippen molar-refractivity contribution < 1.29 is 5.11 Å². The lowest BCUT2D eigenvalue weighted by Crippen LogP contribution is -2.04. The number of nitrogens with zero attached hydrogens (tertiary/aromatic N) is 2. The van der Waals surface area contributed by atoms with Crippen LogP contribution in [-0.4, -0.2) is 14.9 Å². The van der Waals surface area contributed by atoms with Crippen molar-refractivity contribution in [3.63, 3.8) is 0 Å². The van der Waals surface area contributed by atoms with Gasteiger partial charge in [-0.05, 0) is 28.4 Å². The highest BCUT2D eigenvalue weighted by atomic mass is 79.9. The Bertz CT molecular complexity index is 481. The average molecular weight is 281 g/mol. The van der Waals surface area contributed by atoms with Gasteiger partial charge >= 0.3 is 0 Å². The van der Waals surface area contributed by atoms with Crippen LogP contribution < -0.4 is 0 Å². The van der Waals surface area contributed by atoms with Crippen LogP contribution in [0.15, 0.2) is 41.1 Å². The Kier molecular flexibility index (Phi) is 3.41. The smallest absolute Gasteiger partial charge is 0.0808 e. The number of para-hydroxylation sites is 1. The summed E-state index contributed by atoms with van der Waals surface area (Å²) in [6.07, 6.45) is 3.86. The first-order chi connectivity index (χ1) is 7.72. The minimum atomic E-state index is -0.445. The molecule has 0 spiro atoms. The molecule has 0 bridgehead atoms. The van der Waals surface area contributed by atoms with Crippen LogP contribution >= 0.6 is 15.9 Å². The number of aliphatic hydroxyl groups is 1. The van der Waals surface area contributed by atoms with E-state index in [1.165, 1.54) is 0 Å². The molecule has 84 valence electrons. The van der Waals surface area contributed by atoms with Crippen molar-refractivity contribution in [1.29, 1.82) is 0 Å². The Labute approximate surface area is 103 Å². The largest absolute Gasteiger partial charge is 0.388 e. The lowest BCUT2D eigenvalue weighted by molar-refractivity contribution is 0.173. The summed E-state index contributed by atoms with van der Waals surface area (Å²) < 4.78 is 2.69. The molecule has 3 nitrogen and oxygen atoms in total. The molecule has 4 heteroatoms. The highest BCUT2D eigenvalue weighted by Gasteiger charge is 2.11. The maximum Gasteiger partial charge on any atom is 0.0808 e. The number of rotatable bonds is 3. The molecular formula is C12H13BrN2O. The fraction of sp³-hybridized carbons (Fsp3) is 0.250. The molecule has 2 aromatic rings. The molecule has 0 aliphatic carbocycles. The minimum Gasteiger partial charge on any atom is -0.388 e. The van der Waals surface area contributed by atoms with Gasteiger partial charge in [0.05, 0.1) is 22.5 Å². The van der Waals surface area contributed by atoms with Crippen LogP contribution in [0.25, 0.3) is 5.69 Å². The second kappa shape index (κ2) is 4.80. The molecule has 0 aliphatic heterocycles. The highest BCUT2D eigenvalue weighted by Crippen LogP contribution is 2.24. The van der Waals surface area contributed by atoms with Crippen molar-refractivity contribution in [2.75, 3.05) is 0 Å². The van der Waals surface area contributed by atoms with E-state index in [-0.39, 0.29) is 0 Å². The van der Waals surface area contributed by atoms with E-state index in [0.29, 0.717) is 6.42 Å². The van der Waals surface area contributed by atoms with Gasteiger partial charge < -0.3 is 5.11 Å². The second-order valence-corrected chi connectivity index (χ2v) is 4.50. The van der Waals surface area contributed by atoms with Gasteiger partial charge in [0.25, 0.3) is 0 Å². The summed E-state index contributed by atoms with van der Waals surface area (Å²) in [5.74, 6) is 0. The van der Waals surface area contributed by atoms with Gasteiger partial charge in [-0.3, -0.25) is 0 Å². The SMILES string of the molecule is CCC(O)c1ccccc1-n1cc(Br)cn1. The summed E-state index contributed by atoms with van der Waals surface area (Å²) in [6.45, 7) is 1.96. The van der Waals surface area contributed by atoms with Crippen LogP contribution in [-0.2, 0) is 0 Å². The van der Waals surface area contributed by atoms with Gasteiger partial charge in [0.1, 0.15) is 0 Å². The summed E-state index contributed by atoms with van der Waals surface area (Å²) in [4.78, 5) is 0. The van der Waals surface area contributed by atoms with Crippen molar-refractivity contribution in [3.05, 3.63) is 46.7 Å². The van der Waals surface area contributed by atoms with Crippen LogP contribution in [0.5, 0.6) is 0 Å². The van der Waals surface area contributed by atoms with Gasteiger partial charge in [-0.15, -0.1) is 0 Å². The van der Waals surface area contributed by atoms with Crippen molar-refractivity contribution in [1.82, 2.24) is 9.78 Å². The van der Waals surface area contributed by atoms with Crippen LogP contribution in [0.1, 0.15) is 25.0 Å². The maximum atomic E-state index is 9.93. The Morgan fingerprint density at radius 3 is 2.81 bits per heavy atom. The zero-order valence-corrected chi connectivity index (χ0v) is 10.6. The van der Waals surface area contributed by atoms with Crippen molar-refractivity contribution >= 4 is 15.9 Å².